The zero-order valence-corrected chi connectivity index (χ0v) is 14.3. The van der Waals surface area contributed by atoms with Crippen molar-refractivity contribution in [1.82, 2.24) is 10.3 Å². The number of rotatable bonds is 3. The zero-order chi connectivity index (χ0) is 18.8. The molecule has 1 aliphatic rings. The Morgan fingerprint density at radius 1 is 1.15 bits per heavy atom. The van der Waals surface area contributed by atoms with E-state index < -0.39 is 5.92 Å². The number of nitrogens with zero attached hydrogens (tertiary/aromatic N) is 1. The lowest BCUT2D eigenvalue weighted by molar-refractivity contribution is -0.121. The van der Waals surface area contributed by atoms with Crippen molar-refractivity contribution in [2.45, 2.75) is 12.3 Å². The molecule has 0 saturated heterocycles. The molecule has 0 bridgehead atoms. The van der Waals surface area contributed by atoms with Crippen LogP contribution in [0.15, 0.2) is 72.7 Å². The highest BCUT2D eigenvalue weighted by atomic mass is 19.1. The molecule has 3 aromatic rings. The topological polar surface area (TPSA) is 71.1 Å². The molecule has 0 saturated carbocycles. The number of carbonyl (C=O) groups is 2. The van der Waals surface area contributed by atoms with Crippen molar-refractivity contribution in [3.05, 3.63) is 84.1 Å². The molecule has 2 aromatic carbocycles. The summed E-state index contributed by atoms with van der Waals surface area (Å²) in [6.07, 6.45) is 4.94. The van der Waals surface area contributed by atoms with E-state index in [0.717, 1.165) is 10.8 Å². The normalized spacial score (nSPS) is 16.6. The molecule has 2 amide bonds. The Bertz CT molecular complexity index is 1060. The third-order valence-electron chi connectivity index (χ3n) is 4.62. The van der Waals surface area contributed by atoms with Gasteiger partial charge in [-0.3, -0.25) is 14.6 Å². The fourth-order valence-electron chi connectivity index (χ4n) is 3.25. The monoisotopic (exact) mass is 361 g/mol. The van der Waals surface area contributed by atoms with Gasteiger partial charge in [0.2, 0.25) is 5.91 Å². The summed E-state index contributed by atoms with van der Waals surface area (Å²) in [5.41, 5.74) is 1.77. The number of pyridine rings is 1. The standard InChI is InChI=1S/C21H16FN3O2/c22-15-6-4-14(5-7-15)16-10-20(26)24-12-18(16)21(27)25-19-3-1-2-13-8-9-23-11-17(13)19/h1-9,11-12,16H,10H2,(H,24,26)(H,25,27)/t16-/m0/s1. The highest BCUT2D eigenvalue weighted by Gasteiger charge is 2.29. The first-order chi connectivity index (χ1) is 13.1. The maximum Gasteiger partial charge on any atom is 0.253 e. The fourth-order valence-corrected chi connectivity index (χ4v) is 3.25. The molecule has 2 heterocycles. The number of hydrogen-bond donors (Lipinski definition) is 2. The minimum Gasteiger partial charge on any atom is -0.332 e. The molecule has 1 aromatic heterocycles. The Labute approximate surface area is 154 Å². The van der Waals surface area contributed by atoms with Crippen LogP contribution in [-0.4, -0.2) is 16.8 Å². The summed E-state index contributed by atoms with van der Waals surface area (Å²) in [6, 6.07) is 13.3. The Morgan fingerprint density at radius 3 is 2.78 bits per heavy atom. The van der Waals surface area contributed by atoms with Gasteiger partial charge in [0.1, 0.15) is 5.82 Å². The van der Waals surface area contributed by atoms with Crippen molar-refractivity contribution in [2.75, 3.05) is 5.32 Å². The molecule has 4 rings (SSSR count). The molecule has 1 aliphatic heterocycles. The Kier molecular flexibility index (Phi) is 4.38. The average molecular weight is 361 g/mol. The number of nitrogens with one attached hydrogen (secondary N) is 2. The number of benzene rings is 2. The minimum atomic E-state index is -0.438. The third kappa shape index (κ3) is 3.42. The van der Waals surface area contributed by atoms with Gasteiger partial charge in [0.15, 0.2) is 0 Å². The summed E-state index contributed by atoms with van der Waals surface area (Å²) in [6.45, 7) is 0. The number of halogens is 1. The molecular weight excluding hydrogens is 345 g/mol. The van der Waals surface area contributed by atoms with Crippen molar-refractivity contribution >= 4 is 28.3 Å². The van der Waals surface area contributed by atoms with Crippen LogP contribution in [0.3, 0.4) is 0 Å². The van der Waals surface area contributed by atoms with Gasteiger partial charge in [0.05, 0.1) is 5.69 Å². The van der Waals surface area contributed by atoms with Crippen LogP contribution in [-0.2, 0) is 9.59 Å². The number of aromatic nitrogens is 1. The molecule has 0 unspecified atom stereocenters. The second-order valence-electron chi connectivity index (χ2n) is 6.33. The number of fused-ring (bicyclic) bond motifs is 1. The molecule has 2 N–H and O–H groups in total. The number of anilines is 1. The molecule has 1 atom stereocenters. The molecule has 0 aliphatic carbocycles. The Hall–Kier alpha value is -3.54. The van der Waals surface area contributed by atoms with E-state index in [-0.39, 0.29) is 24.1 Å². The quantitative estimate of drug-likeness (QED) is 0.750. The van der Waals surface area contributed by atoms with Crippen LogP contribution in [0, 0.1) is 5.82 Å². The lowest BCUT2D eigenvalue weighted by Crippen LogP contribution is -2.32. The fraction of sp³-hybridized carbons (Fsp3) is 0.0952. The summed E-state index contributed by atoms with van der Waals surface area (Å²) >= 11 is 0. The van der Waals surface area contributed by atoms with Crippen LogP contribution in [0.5, 0.6) is 0 Å². The molecular formula is C21H16FN3O2. The lowest BCUT2D eigenvalue weighted by atomic mass is 9.86. The summed E-state index contributed by atoms with van der Waals surface area (Å²) in [4.78, 5) is 28.9. The second kappa shape index (κ2) is 6.99. The smallest absolute Gasteiger partial charge is 0.253 e. The number of carbonyl (C=O) groups excluding carboxylic acids is 2. The van der Waals surface area contributed by atoms with Gasteiger partial charge in [-0.05, 0) is 35.2 Å². The highest BCUT2D eigenvalue weighted by Crippen LogP contribution is 2.32. The van der Waals surface area contributed by atoms with E-state index in [0.29, 0.717) is 16.8 Å². The summed E-state index contributed by atoms with van der Waals surface area (Å²) in [5, 5.41) is 7.29. The number of amides is 2. The Balaban J connectivity index is 1.66. The van der Waals surface area contributed by atoms with Gasteiger partial charge in [-0.1, -0.05) is 24.3 Å². The lowest BCUT2D eigenvalue weighted by Gasteiger charge is -2.24. The van der Waals surface area contributed by atoms with Gasteiger partial charge in [-0.25, -0.2) is 4.39 Å². The van der Waals surface area contributed by atoms with Crippen LogP contribution in [0.25, 0.3) is 10.8 Å². The first kappa shape index (κ1) is 16.9. The summed E-state index contributed by atoms with van der Waals surface area (Å²) < 4.78 is 13.2. The van der Waals surface area contributed by atoms with Crippen LogP contribution >= 0.6 is 0 Å². The molecule has 0 spiro atoms. The van der Waals surface area contributed by atoms with Gasteiger partial charge >= 0.3 is 0 Å². The van der Waals surface area contributed by atoms with Gasteiger partial charge < -0.3 is 10.6 Å². The molecule has 5 nitrogen and oxygen atoms in total. The maximum absolute atomic E-state index is 13.2. The van der Waals surface area contributed by atoms with E-state index >= 15 is 0 Å². The maximum atomic E-state index is 13.2. The van der Waals surface area contributed by atoms with Crippen LogP contribution in [0.2, 0.25) is 0 Å². The first-order valence-corrected chi connectivity index (χ1v) is 8.51. The minimum absolute atomic E-state index is 0.127. The van der Waals surface area contributed by atoms with E-state index in [1.54, 1.807) is 30.6 Å². The van der Waals surface area contributed by atoms with Gasteiger partial charge in [0, 0.05) is 41.9 Å². The highest BCUT2D eigenvalue weighted by molar-refractivity contribution is 6.10. The summed E-state index contributed by atoms with van der Waals surface area (Å²) in [7, 11) is 0. The van der Waals surface area contributed by atoms with Gasteiger partial charge in [0.25, 0.3) is 5.91 Å². The zero-order valence-electron chi connectivity index (χ0n) is 14.3. The van der Waals surface area contributed by atoms with Crippen LogP contribution < -0.4 is 10.6 Å². The van der Waals surface area contributed by atoms with Crippen molar-refractivity contribution in [3.8, 4) is 0 Å². The SMILES string of the molecule is O=C1C[C@@H](c2ccc(F)cc2)C(C(=O)Nc2cccc3ccncc23)=CN1. The molecule has 134 valence electrons. The van der Waals surface area contributed by atoms with E-state index in [4.69, 9.17) is 0 Å². The summed E-state index contributed by atoms with van der Waals surface area (Å²) in [5.74, 6) is -1.30. The second-order valence-corrected chi connectivity index (χ2v) is 6.33. The molecule has 6 heteroatoms. The van der Waals surface area contributed by atoms with E-state index in [9.17, 15) is 14.0 Å². The van der Waals surface area contributed by atoms with Crippen molar-refractivity contribution in [1.29, 1.82) is 0 Å². The molecule has 0 radical (unpaired) electrons. The van der Waals surface area contributed by atoms with Crippen LogP contribution in [0.4, 0.5) is 10.1 Å². The molecule has 27 heavy (non-hydrogen) atoms. The van der Waals surface area contributed by atoms with Crippen molar-refractivity contribution < 1.29 is 14.0 Å². The van der Waals surface area contributed by atoms with Gasteiger partial charge in [-0.2, -0.15) is 0 Å². The number of hydrogen-bond acceptors (Lipinski definition) is 3. The average Bonchev–Trinajstić information content (AvgIpc) is 2.69. The third-order valence-corrected chi connectivity index (χ3v) is 4.62. The van der Waals surface area contributed by atoms with Crippen molar-refractivity contribution in [3.63, 3.8) is 0 Å². The molecule has 0 fully saturated rings. The Morgan fingerprint density at radius 2 is 1.96 bits per heavy atom. The largest absolute Gasteiger partial charge is 0.332 e. The van der Waals surface area contributed by atoms with E-state index in [1.807, 2.05) is 18.2 Å². The first-order valence-electron chi connectivity index (χ1n) is 8.51. The van der Waals surface area contributed by atoms with E-state index in [2.05, 4.69) is 15.6 Å². The predicted octanol–water partition coefficient (Wildman–Crippen LogP) is 3.50. The van der Waals surface area contributed by atoms with Gasteiger partial charge in [-0.15, -0.1) is 0 Å². The van der Waals surface area contributed by atoms with Crippen molar-refractivity contribution in [2.24, 2.45) is 0 Å². The van der Waals surface area contributed by atoms with E-state index in [1.165, 1.54) is 18.3 Å². The van der Waals surface area contributed by atoms with Crippen LogP contribution in [0.1, 0.15) is 17.9 Å². The predicted molar refractivity (Wildman–Crippen MR) is 100 cm³/mol.